The SMILES string of the molecule is CCn1c(CN(CCN(Cc2nc3ccc(C)cc3n2CC)Cc2nc3ccc(C)cc3n2CC)Cc2nc3ccc(C)cc3n2CC)nc2ccc(C)cc21. The molecule has 0 amide bonds. The van der Waals surface area contributed by atoms with Crippen molar-refractivity contribution >= 4 is 44.1 Å². The van der Waals surface area contributed by atoms with Crippen LogP contribution in [-0.4, -0.2) is 61.1 Å². The Hall–Kier alpha value is -5.32. The third-order valence-electron chi connectivity index (χ3n) is 11.4. The average molecular weight is 749 g/mol. The van der Waals surface area contributed by atoms with Crippen LogP contribution in [-0.2, 0) is 52.4 Å². The van der Waals surface area contributed by atoms with Crippen LogP contribution in [0.25, 0.3) is 44.1 Å². The lowest BCUT2D eigenvalue weighted by Crippen LogP contribution is -2.36. The van der Waals surface area contributed by atoms with Gasteiger partial charge in [0.05, 0.1) is 70.3 Å². The average Bonchev–Trinajstić information content (AvgIpc) is 3.91. The molecule has 4 aromatic carbocycles. The van der Waals surface area contributed by atoms with Gasteiger partial charge in [-0.15, -0.1) is 0 Å². The summed E-state index contributed by atoms with van der Waals surface area (Å²) in [5.74, 6) is 4.34. The molecule has 0 N–H and O–H groups in total. The topological polar surface area (TPSA) is 77.8 Å². The van der Waals surface area contributed by atoms with Crippen molar-refractivity contribution in [3.05, 3.63) is 118 Å². The van der Waals surface area contributed by atoms with Crippen molar-refractivity contribution in [2.75, 3.05) is 13.1 Å². The van der Waals surface area contributed by atoms with Crippen molar-refractivity contribution in [2.24, 2.45) is 0 Å². The van der Waals surface area contributed by atoms with Crippen LogP contribution in [0.3, 0.4) is 0 Å². The second kappa shape index (κ2) is 15.7. The van der Waals surface area contributed by atoms with E-state index in [1.54, 1.807) is 0 Å². The molecular formula is C46H56N10. The van der Waals surface area contributed by atoms with Crippen LogP contribution in [0.15, 0.2) is 72.8 Å². The predicted molar refractivity (Wildman–Crippen MR) is 229 cm³/mol. The van der Waals surface area contributed by atoms with Gasteiger partial charge in [0.2, 0.25) is 0 Å². The van der Waals surface area contributed by atoms with Crippen molar-refractivity contribution in [3.8, 4) is 0 Å². The molecule has 0 fully saturated rings. The summed E-state index contributed by atoms with van der Waals surface area (Å²) in [5, 5.41) is 0. The van der Waals surface area contributed by atoms with Crippen molar-refractivity contribution in [3.63, 3.8) is 0 Å². The normalized spacial score (nSPS) is 12.2. The highest BCUT2D eigenvalue weighted by Gasteiger charge is 2.22. The van der Waals surface area contributed by atoms with Gasteiger partial charge in [-0.1, -0.05) is 24.3 Å². The Labute approximate surface area is 330 Å². The molecule has 0 unspecified atom stereocenters. The quantitative estimate of drug-likeness (QED) is 0.104. The lowest BCUT2D eigenvalue weighted by atomic mass is 10.2. The number of imidazole rings is 4. The first-order chi connectivity index (χ1) is 27.2. The molecule has 290 valence electrons. The van der Waals surface area contributed by atoms with Gasteiger partial charge in [0, 0.05) is 39.3 Å². The van der Waals surface area contributed by atoms with Crippen LogP contribution >= 0.6 is 0 Å². The Balaban J connectivity index is 1.18. The highest BCUT2D eigenvalue weighted by Crippen LogP contribution is 2.25. The standard InChI is InChI=1S/C46H56N10/c1-9-53-39-23-31(5)13-17-35(39)47-43(53)27-51(28-44-48-36-18-14-32(6)24-40(36)54(44)10-2)21-22-52(29-45-49-37-19-15-33(7)25-41(37)55(45)11-3)30-46-50-38-20-16-34(8)26-42(38)56(46)12-4/h13-20,23-26H,9-12,21-22,27-30H2,1-8H3. The minimum absolute atomic E-state index is 0.709. The molecule has 8 aromatic rings. The molecule has 10 heteroatoms. The number of benzene rings is 4. The molecule has 0 aliphatic carbocycles. The first-order valence-corrected chi connectivity index (χ1v) is 20.4. The van der Waals surface area contributed by atoms with Gasteiger partial charge < -0.3 is 18.3 Å². The molecule has 10 nitrogen and oxygen atoms in total. The maximum Gasteiger partial charge on any atom is 0.124 e. The number of fused-ring (bicyclic) bond motifs is 4. The Kier molecular flexibility index (Phi) is 10.5. The van der Waals surface area contributed by atoms with E-state index in [-0.39, 0.29) is 0 Å². The summed E-state index contributed by atoms with van der Waals surface area (Å²) in [7, 11) is 0. The van der Waals surface area contributed by atoms with Gasteiger partial charge in [0.15, 0.2) is 0 Å². The van der Waals surface area contributed by atoms with E-state index in [0.29, 0.717) is 26.2 Å². The number of nitrogens with zero attached hydrogens (tertiary/aromatic N) is 10. The van der Waals surface area contributed by atoms with Gasteiger partial charge in [-0.3, -0.25) is 9.80 Å². The smallest absolute Gasteiger partial charge is 0.124 e. The number of aromatic nitrogens is 8. The van der Waals surface area contributed by atoms with Gasteiger partial charge in [0.1, 0.15) is 23.3 Å². The summed E-state index contributed by atoms with van der Waals surface area (Å²) in [5.41, 5.74) is 14.0. The molecule has 56 heavy (non-hydrogen) atoms. The summed E-state index contributed by atoms with van der Waals surface area (Å²) in [6.45, 7) is 25.4. The van der Waals surface area contributed by atoms with Crippen molar-refractivity contribution < 1.29 is 0 Å². The highest BCUT2D eigenvalue weighted by atomic mass is 15.3. The van der Waals surface area contributed by atoms with Gasteiger partial charge >= 0.3 is 0 Å². The zero-order valence-electron chi connectivity index (χ0n) is 34.5. The maximum atomic E-state index is 5.23. The van der Waals surface area contributed by atoms with E-state index in [1.165, 1.54) is 44.3 Å². The molecule has 0 radical (unpaired) electrons. The van der Waals surface area contributed by atoms with E-state index in [2.05, 4.69) is 156 Å². The molecule has 0 spiro atoms. The summed E-state index contributed by atoms with van der Waals surface area (Å²) >= 11 is 0. The second-order valence-electron chi connectivity index (χ2n) is 15.5. The molecule has 0 saturated carbocycles. The van der Waals surface area contributed by atoms with Crippen LogP contribution < -0.4 is 0 Å². The Morgan fingerprint density at radius 1 is 0.375 bits per heavy atom. The van der Waals surface area contributed by atoms with Crippen LogP contribution in [0.1, 0.15) is 73.2 Å². The highest BCUT2D eigenvalue weighted by molar-refractivity contribution is 5.79. The molecule has 0 saturated heterocycles. The fourth-order valence-electron chi connectivity index (χ4n) is 8.54. The van der Waals surface area contributed by atoms with Crippen LogP contribution in [0.2, 0.25) is 0 Å². The largest absolute Gasteiger partial charge is 0.327 e. The molecule has 8 rings (SSSR count). The summed E-state index contributed by atoms with van der Waals surface area (Å²) < 4.78 is 9.54. The second-order valence-corrected chi connectivity index (χ2v) is 15.5. The molecule has 0 aliphatic heterocycles. The van der Waals surface area contributed by atoms with Crippen molar-refractivity contribution in [2.45, 2.75) is 108 Å². The van der Waals surface area contributed by atoms with E-state index >= 15 is 0 Å². The third kappa shape index (κ3) is 7.23. The minimum atomic E-state index is 0.709. The van der Waals surface area contributed by atoms with E-state index in [1.807, 2.05) is 0 Å². The van der Waals surface area contributed by atoms with Crippen molar-refractivity contribution in [1.29, 1.82) is 0 Å². The molecule has 4 heterocycles. The zero-order valence-corrected chi connectivity index (χ0v) is 34.5. The first kappa shape index (κ1) is 37.6. The Bertz CT molecular complexity index is 2310. The molecule has 0 bridgehead atoms. The van der Waals surface area contributed by atoms with E-state index in [4.69, 9.17) is 19.9 Å². The Morgan fingerprint density at radius 2 is 0.607 bits per heavy atom. The van der Waals surface area contributed by atoms with E-state index in [9.17, 15) is 0 Å². The lowest BCUT2D eigenvalue weighted by molar-refractivity contribution is 0.168. The van der Waals surface area contributed by atoms with Crippen LogP contribution in [0.5, 0.6) is 0 Å². The predicted octanol–water partition coefficient (Wildman–Crippen LogP) is 9.10. The number of hydrogen-bond acceptors (Lipinski definition) is 6. The molecule has 0 atom stereocenters. The van der Waals surface area contributed by atoms with Gasteiger partial charge in [-0.05, 0) is 126 Å². The van der Waals surface area contributed by atoms with Gasteiger partial charge in [-0.2, -0.15) is 0 Å². The molecular weight excluding hydrogens is 693 g/mol. The van der Waals surface area contributed by atoms with Crippen molar-refractivity contribution in [1.82, 2.24) is 48.0 Å². The lowest BCUT2D eigenvalue weighted by Gasteiger charge is -2.28. The number of hydrogen-bond donors (Lipinski definition) is 0. The summed E-state index contributed by atoms with van der Waals surface area (Å²) in [4.78, 5) is 26.0. The fraction of sp³-hybridized carbons (Fsp3) is 0.391. The zero-order chi connectivity index (χ0) is 39.1. The monoisotopic (exact) mass is 748 g/mol. The van der Waals surface area contributed by atoms with Crippen LogP contribution in [0, 0.1) is 27.7 Å². The number of rotatable bonds is 15. The maximum absolute atomic E-state index is 5.23. The van der Waals surface area contributed by atoms with Gasteiger partial charge in [-0.25, -0.2) is 19.9 Å². The van der Waals surface area contributed by atoms with Crippen LogP contribution in [0.4, 0.5) is 0 Å². The van der Waals surface area contributed by atoms with Gasteiger partial charge in [0.25, 0.3) is 0 Å². The third-order valence-corrected chi connectivity index (χ3v) is 11.4. The Morgan fingerprint density at radius 3 is 0.821 bits per heavy atom. The summed E-state index contributed by atoms with van der Waals surface area (Å²) in [6.07, 6.45) is 0. The summed E-state index contributed by atoms with van der Waals surface area (Å²) in [6, 6.07) is 26.4. The molecule has 0 aliphatic rings. The minimum Gasteiger partial charge on any atom is -0.327 e. The van der Waals surface area contributed by atoms with E-state index < -0.39 is 0 Å². The van der Waals surface area contributed by atoms with E-state index in [0.717, 1.165) is 84.6 Å². The first-order valence-electron chi connectivity index (χ1n) is 20.4. The number of aryl methyl sites for hydroxylation is 8. The fourth-order valence-corrected chi connectivity index (χ4v) is 8.54. The molecule has 4 aromatic heterocycles.